The fourth-order valence-electron chi connectivity index (χ4n) is 1.82. The van der Waals surface area contributed by atoms with E-state index in [0.29, 0.717) is 0 Å². The lowest BCUT2D eigenvalue weighted by Gasteiger charge is -2.21. The Bertz CT molecular complexity index is 187. The maximum atomic E-state index is 11.4. The molecule has 14 heavy (non-hydrogen) atoms. The highest BCUT2D eigenvalue weighted by molar-refractivity contribution is 7.99. The summed E-state index contributed by atoms with van der Waals surface area (Å²) in [7, 11) is 1.47. The Morgan fingerprint density at radius 3 is 3.07 bits per heavy atom. The van der Waals surface area contributed by atoms with E-state index in [-0.39, 0.29) is 12.0 Å². The summed E-state index contributed by atoms with van der Waals surface area (Å²) in [5, 5.41) is 0. The van der Waals surface area contributed by atoms with Crippen LogP contribution in [0.3, 0.4) is 0 Å². The van der Waals surface area contributed by atoms with E-state index in [9.17, 15) is 4.79 Å². The van der Waals surface area contributed by atoms with Gasteiger partial charge in [-0.1, -0.05) is 6.92 Å². The maximum Gasteiger partial charge on any atom is 0.323 e. The molecule has 1 saturated heterocycles. The molecule has 0 saturated carbocycles. The second-order valence-corrected chi connectivity index (χ2v) is 4.81. The maximum absolute atomic E-state index is 11.4. The van der Waals surface area contributed by atoms with E-state index in [1.165, 1.54) is 7.11 Å². The Labute approximate surface area is 90.2 Å². The minimum Gasteiger partial charge on any atom is -0.468 e. The fourth-order valence-corrected chi connectivity index (χ4v) is 2.48. The van der Waals surface area contributed by atoms with Crippen molar-refractivity contribution in [1.82, 2.24) is 4.90 Å². The molecular formula is C10H19NO2S. The van der Waals surface area contributed by atoms with Crippen LogP contribution in [0.1, 0.15) is 19.8 Å². The van der Waals surface area contributed by atoms with Crippen LogP contribution >= 0.6 is 11.8 Å². The molecule has 82 valence electrons. The van der Waals surface area contributed by atoms with E-state index in [1.807, 2.05) is 11.8 Å². The summed E-state index contributed by atoms with van der Waals surface area (Å²) in [5.74, 6) is 2.20. The van der Waals surface area contributed by atoms with Crippen molar-refractivity contribution in [1.29, 1.82) is 0 Å². The summed E-state index contributed by atoms with van der Waals surface area (Å²) in [5.41, 5.74) is 0. The van der Waals surface area contributed by atoms with Crippen molar-refractivity contribution < 1.29 is 9.53 Å². The second-order valence-electron chi connectivity index (χ2n) is 3.41. The van der Waals surface area contributed by atoms with Crippen LogP contribution in [0.4, 0.5) is 0 Å². The van der Waals surface area contributed by atoms with Crippen molar-refractivity contribution >= 4 is 17.7 Å². The van der Waals surface area contributed by atoms with Gasteiger partial charge in [-0.2, -0.15) is 11.8 Å². The first kappa shape index (κ1) is 11.9. The lowest BCUT2D eigenvalue weighted by atomic mass is 10.2. The van der Waals surface area contributed by atoms with E-state index in [1.54, 1.807) is 0 Å². The number of carbonyl (C=O) groups is 1. The Morgan fingerprint density at radius 1 is 1.64 bits per heavy atom. The topological polar surface area (TPSA) is 29.5 Å². The summed E-state index contributed by atoms with van der Waals surface area (Å²) in [6, 6.07) is 0.0254. The number of ether oxygens (including phenoxy) is 1. The number of likely N-dealkylation sites (tertiary alicyclic amines) is 1. The van der Waals surface area contributed by atoms with Gasteiger partial charge in [0, 0.05) is 12.3 Å². The van der Waals surface area contributed by atoms with Gasteiger partial charge >= 0.3 is 5.97 Å². The van der Waals surface area contributed by atoms with Crippen LogP contribution in [0.25, 0.3) is 0 Å². The standard InChI is InChI=1S/C10H19NO2S/c1-3-14-8-7-11-6-4-5-9(11)10(12)13-2/h9H,3-8H2,1-2H3. The number of esters is 1. The first-order chi connectivity index (χ1) is 6.79. The van der Waals surface area contributed by atoms with E-state index < -0.39 is 0 Å². The van der Waals surface area contributed by atoms with Gasteiger partial charge in [-0.25, -0.2) is 0 Å². The van der Waals surface area contributed by atoms with Gasteiger partial charge in [0.2, 0.25) is 0 Å². The zero-order chi connectivity index (χ0) is 10.4. The number of thioether (sulfide) groups is 1. The smallest absolute Gasteiger partial charge is 0.323 e. The average Bonchev–Trinajstić information content (AvgIpc) is 2.65. The Kier molecular flexibility index (Phi) is 5.33. The van der Waals surface area contributed by atoms with Crippen molar-refractivity contribution in [2.75, 3.05) is 31.7 Å². The largest absolute Gasteiger partial charge is 0.468 e. The van der Waals surface area contributed by atoms with E-state index in [2.05, 4.69) is 11.8 Å². The normalized spacial score (nSPS) is 22.6. The Morgan fingerprint density at radius 2 is 2.43 bits per heavy atom. The van der Waals surface area contributed by atoms with Crippen LogP contribution in [0.15, 0.2) is 0 Å². The van der Waals surface area contributed by atoms with Crippen molar-refractivity contribution in [3.05, 3.63) is 0 Å². The molecule has 1 unspecified atom stereocenters. The Hall–Kier alpha value is -0.220. The summed E-state index contributed by atoms with van der Waals surface area (Å²) in [6.45, 7) is 4.22. The molecule has 0 amide bonds. The highest BCUT2D eigenvalue weighted by Crippen LogP contribution is 2.18. The lowest BCUT2D eigenvalue weighted by molar-refractivity contribution is -0.145. The highest BCUT2D eigenvalue weighted by Gasteiger charge is 2.30. The molecule has 0 aromatic carbocycles. The molecule has 1 rings (SSSR count). The molecule has 4 heteroatoms. The molecule has 0 radical (unpaired) electrons. The molecule has 1 aliphatic rings. The van der Waals surface area contributed by atoms with Gasteiger partial charge in [-0.3, -0.25) is 9.69 Å². The highest BCUT2D eigenvalue weighted by atomic mass is 32.2. The zero-order valence-corrected chi connectivity index (χ0v) is 9.81. The van der Waals surface area contributed by atoms with Crippen LogP contribution < -0.4 is 0 Å². The minimum atomic E-state index is -0.0657. The number of carbonyl (C=O) groups excluding carboxylic acids is 1. The molecule has 1 aliphatic heterocycles. The molecule has 0 spiro atoms. The molecule has 3 nitrogen and oxygen atoms in total. The van der Waals surface area contributed by atoms with E-state index in [4.69, 9.17) is 4.74 Å². The molecule has 1 fully saturated rings. The van der Waals surface area contributed by atoms with Crippen LogP contribution in [-0.4, -0.2) is 48.6 Å². The van der Waals surface area contributed by atoms with Crippen molar-refractivity contribution in [3.8, 4) is 0 Å². The van der Waals surface area contributed by atoms with Crippen LogP contribution in [0.5, 0.6) is 0 Å². The van der Waals surface area contributed by atoms with Crippen molar-refractivity contribution in [3.63, 3.8) is 0 Å². The minimum absolute atomic E-state index is 0.0254. The number of methoxy groups -OCH3 is 1. The molecule has 0 aromatic heterocycles. The number of rotatable bonds is 5. The summed E-state index contributed by atoms with van der Waals surface area (Å²) in [6.07, 6.45) is 2.08. The molecule has 0 aliphatic carbocycles. The van der Waals surface area contributed by atoms with Gasteiger partial charge in [-0.05, 0) is 25.1 Å². The van der Waals surface area contributed by atoms with Gasteiger partial charge in [0.15, 0.2) is 0 Å². The number of hydrogen-bond acceptors (Lipinski definition) is 4. The average molecular weight is 217 g/mol. The fraction of sp³-hybridized carbons (Fsp3) is 0.900. The van der Waals surface area contributed by atoms with Crippen LogP contribution in [0.2, 0.25) is 0 Å². The van der Waals surface area contributed by atoms with Gasteiger partial charge in [0.1, 0.15) is 6.04 Å². The molecule has 0 bridgehead atoms. The predicted molar refractivity (Wildman–Crippen MR) is 59.6 cm³/mol. The summed E-state index contributed by atoms with van der Waals surface area (Å²) >= 11 is 1.92. The SMILES string of the molecule is CCSCCN1CCCC1C(=O)OC. The molecular weight excluding hydrogens is 198 g/mol. The lowest BCUT2D eigenvalue weighted by Crippen LogP contribution is -2.38. The van der Waals surface area contributed by atoms with Crippen molar-refractivity contribution in [2.24, 2.45) is 0 Å². The van der Waals surface area contributed by atoms with Crippen LogP contribution in [-0.2, 0) is 9.53 Å². The first-order valence-corrected chi connectivity index (χ1v) is 6.34. The van der Waals surface area contributed by atoms with Crippen molar-refractivity contribution in [2.45, 2.75) is 25.8 Å². The second kappa shape index (κ2) is 6.30. The summed E-state index contributed by atoms with van der Waals surface area (Å²) < 4.78 is 4.78. The van der Waals surface area contributed by atoms with Gasteiger partial charge < -0.3 is 4.74 Å². The summed E-state index contributed by atoms with van der Waals surface area (Å²) in [4.78, 5) is 13.6. The predicted octanol–water partition coefficient (Wildman–Crippen LogP) is 1.38. The molecule has 1 atom stereocenters. The quantitative estimate of drug-likeness (QED) is 0.514. The van der Waals surface area contributed by atoms with Gasteiger partial charge in [0.05, 0.1) is 7.11 Å². The molecule has 1 heterocycles. The molecule has 0 N–H and O–H groups in total. The Balaban J connectivity index is 2.31. The molecule has 0 aromatic rings. The van der Waals surface area contributed by atoms with Gasteiger partial charge in [-0.15, -0.1) is 0 Å². The first-order valence-electron chi connectivity index (χ1n) is 5.19. The van der Waals surface area contributed by atoms with Gasteiger partial charge in [0.25, 0.3) is 0 Å². The number of hydrogen-bond donors (Lipinski definition) is 0. The van der Waals surface area contributed by atoms with Crippen LogP contribution in [0, 0.1) is 0 Å². The van der Waals surface area contributed by atoms with E-state index >= 15 is 0 Å². The van der Waals surface area contributed by atoms with E-state index in [0.717, 1.165) is 37.4 Å². The zero-order valence-electron chi connectivity index (χ0n) is 8.99. The third kappa shape index (κ3) is 3.17. The number of nitrogens with zero attached hydrogens (tertiary/aromatic N) is 1. The third-order valence-electron chi connectivity index (χ3n) is 2.56. The third-order valence-corrected chi connectivity index (χ3v) is 3.44. The monoisotopic (exact) mass is 217 g/mol.